The molecule has 2 N–H and O–H groups in total. The van der Waals surface area contributed by atoms with Gasteiger partial charge >= 0.3 is 6.61 Å². The van der Waals surface area contributed by atoms with Gasteiger partial charge in [0.2, 0.25) is 0 Å². The number of alkyl halides is 2. The zero-order chi connectivity index (χ0) is 26.2. The number of benzene rings is 2. The minimum Gasteiger partial charge on any atom is -0.434 e. The standard InChI is InChI=1S/C26H21F2N5O4S/c27-25(28)37-20-3-1-2-15-21(20)19-9-17(32-23(15)34)22-31-16-5-4-13(8-18(16)33(19)22)14-10-29-24(30-11-14)26(35)6-7-38(36)12-26/h1-5,8,10-11,17,19,25,35H,6-7,9,12H2,(H,32,34)/t17-,19-,26-,38?/m1/s1. The lowest BCUT2D eigenvalue weighted by atomic mass is 9.97. The van der Waals surface area contributed by atoms with Gasteiger partial charge in [-0.3, -0.25) is 9.00 Å². The van der Waals surface area contributed by atoms with Crippen molar-refractivity contribution in [1.29, 1.82) is 0 Å². The summed E-state index contributed by atoms with van der Waals surface area (Å²) in [6.45, 7) is -3.03. The van der Waals surface area contributed by atoms with Gasteiger partial charge in [0, 0.05) is 45.6 Å². The summed E-state index contributed by atoms with van der Waals surface area (Å²) in [5, 5.41) is 13.8. The third-order valence-electron chi connectivity index (χ3n) is 7.51. The normalized spacial score (nSPS) is 25.8. The molecule has 3 aliphatic rings. The fourth-order valence-electron chi connectivity index (χ4n) is 5.78. The summed E-state index contributed by atoms with van der Waals surface area (Å²) in [4.78, 5) is 26.4. The lowest BCUT2D eigenvalue weighted by Gasteiger charge is -2.21. The molecule has 3 aliphatic heterocycles. The maximum atomic E-state index is 13.2. The van der Waals surface area contributed by atoms with Crippen LogP contribution in [0.25, 0.3) is 22.2 Å². The number of hydrogen-bond acceptors (Lipinski definition) is 7. The number of rotatable bonds is 4. The molecule has 7 rings (SSSR count). The van der Waals surface area contributed by atoms with Crippen molar-refractivity contribution in [3.8, 4) is 16.9 Å². The van der Waals surface area contributed by atoms with Gasteiger partial charge in [0.1, 0.15) is 17.2 Å². The Labute approximate surface area is 217 Å². The van der Waals surface area contributed by atoms with Crippen LogP contribution in [0.3, 0.4) is 0 Å². The number of nitrogens with zero attached hydrogens (tertiary/aromatic N) is 4. The van der Waals surface area contributed by atoms with E-state index in [0.717, 1.165) is 11.1 Å². The molecule has 2 aromatic heterocycles. The first-order valence-corrected chi connectivity index (χ1v) is 13.6. The first-order chi connectivity index (χ1) is 18.3. The van der Waals surface area contributed by atoms with Crippen molar-refractivity contribution in [2.24, 2.45) is 0 Å². The van der Waals surface area contributed by atoms with E-state index in [1.165, 1.54) is 12.1 Å². The van der Waals surface area contributed by atoms with Gasteiger partial charge in [-0.15, -0.1) is 0 Å². The number of aliphatic hydroxyl groups is 1. The van der Waals surface area contributed by atoms with Crippen LogP contribution < -0.4 is 10.1 Å². The monoisotopic (exact) mass is 537 g/mol. The van der Waals surface area contributed by atoms with Crippen LogP contribution >= 0.6 is 0 Å². The molecule has 5 heterocycles. The fourth-order valence-corrected chi connectivity index (χ4v) is 7.29. The van der Waals surface area contributed by atoms with Crippen molar-refractivity contribution in [3.63, 3.8) is 0 Å². The van der Waals surface area contributed by atoms with E-state index in [1.54, 1.807) is 18.5 Å². The molecule has 1 unspecified atom stereocenters. The van der Waals surface area contributed by atoms with Gasteiger partial charge in [0.05, 0.1) is 28.9 Å². The maximum absolute atomic E-state index is 13.2. The number of nitrogens with one attached hydrogen (secondary N) is 1. The molecule has 1 fully saturated rings. The second kappa shape index (κ2) is 8.37. The van der Waals surface area contributed by atoms with Crippen LogP contribution in [0, 0.1) is 0 Å². The Kier molecular flexibility index (Phi) is 5.14. The van der Waals surface area contributed by atoms with Crippen LogP contribution in [0.2, 0.25) is 0 Å². The van der Waals surface area contributed by atoms with Crippen LogP contribution in [0.5, 0.6) is 5.75 Å². The van der Waals surface area contributed by atoms with Crippen LogP contribution in [-0.4, -0.2) is 52.9 Å². The third-order valence-corrected chi connectivity index (χ3v) is 8.97. The van der Waals surface area contributed by atoms with Gasteiger partial charge in [-0.1, -0.05) is 12.1 Å². The molecule has 0 aliphatic carbocycles. The van der Waals surface area contributed by atoms with E-state index in [2.05, 4.69) is 15.3 Å². The minimum atomic E-state index is -3.03. The molecule has 4 aromatic rings. The SMILES string of the molecule is O=C1N[C@@H]2C[C@H](c3c(OC(F)F)cccc31)n1c2nc2ccc(-c3cnc([C@@]4(O)CCS(=O)C4)nc3)cc21. The lowest BCUT2D eigenvalue weighted by molar-refractivity contribution is -0.0507. The molecular formula is C26H21F2N5O4S. The average molecular weight is 538 g/mol. The van der Waals surface area contributed by atoms with Crippen molar-refractivity contribution >= 4 is 27.7 Å². The minimum absolute atomic E-state index is 0.0288. The Morgan fingerprint density at radius 3 is 2.74 bits per heavy atom. The number of halogens is 2. The summed E-state index contributed by atoms with van der Waals surface area (Å²) in [6.07, 6.45) is 4.06. The first-order valence-electron chi connectivity index (χ1n) is 12.1. The number of hydrogen-bond donors (Lipinski definition) is 2. The predicted molar refractivity (Wildman–Crippen MR) is 133 cm³/mol. The van der Waals surface area contributed by atoms with Crippen LogP contribution in [-0.2, 0) is 16.4 Å². The molecule has 0 radical (unpaired) electrons. The Hall–Kier alpha value is -3.77. The molecule has 194 valence electrons. The largest absolute Gasteiger partial charge is 0.434 e. The third kappa shape index (κ3) is 3.54. The maximum Gasteiger partial charge on any atom is 0.387 e. The number of ether oxygens (including phenoxy) is 1. The van der Waals surface area contributed by atoms with Gasteiger partial charge in [-0.25, -0.2) is 15.0 Å². The van der Waals surface area contributed by atoms with E-state index in [4.69, 9.17) is 9.72 Å². The van der Waals surface area contributed by atoms with E-state index in [-0.39, 0.29) is 29.3 Å². The predicted octanol–water partition coefficient (Wildman–Crippen LogP) is 3.21. The molecule has 9 nitrogen and oxygen atoms in total. The summed E-state index contributed by atoms with van der Waals surface area (Å²) in [5.41, 5.74) is 2.40. The van der Waals surface area contributed by atoms with Crippen LogP contribution in [0.4, 0.5) is 8.78 Å². The smallest absolute Gasteiger partial charge is 0.387 e. The van der Waals surface area contributed by atoms with Crippen LogP contribution in [0.1, 0.15) is 52.5 Å². The number of carbonyl (C=O) groups is 1. The molecule has 1 amide bonds. The van der Waals surface area contributed by atoms with Crippen molar-refractivity contribution in [3.05, 3.63) is 71.6 Å². The summed E-state index contributed by atoms with van der Waals surface area (Å²) in [6, 6.07) is 9.44. The van der Waals surface area contributed by atoms with Gasteiger partial charge < -0.3 is 19.7 Å². The molecule has 2 bridgehead atoms. The second-order valence-electron chi connectivity index (χ2n) is 9.78. The number of amides is 1. The second-order valence-corrected chi connectivity index (χ2v) is 11.4. The zero-order valence-corrected chi connectivity index (χ0v) is 20.6. The highest BCUT2D eigenvalue weighted by atomic mass is 32.2. The molecular weight excluding hydrogens is 516 g/mol. The molecule has 0 saturated carbocycles. The number of fused-ring (bicyclic) bond motifs is 9. The van der Waals surface area contributed by atoms with E-state index >= 15 is 0 Å². The quantitative estimate of drug-likeness (QED) is 0.410. The van der Waals surface area contributed by atoms with E-state index < -0.39 is 29.1 Å². The van der Waals surface area contributed by atoms with E-state index in [1.807, 2.05) is 22.8 Å². The summed E-state index contributed by atoms with van der Waals surface area (Å²) in [7, 11) is -1.09. The van der Waals surface area contributed by atoms with Crippen LogP contribution in [0.15, 0.2) is 48.8 Å². The highest BCUT2D eigenvalue weighted by molar-refractivity contribution is 7.85. The number of carbonyl (C=O) groups excluding carboxylic acids is 1. The van der Waals surface area contributed by atoms with Crippen molar-refractivity contribution in [1.82, 2.24) is 24.8 Å². The summed E-state index contributed by atoms with van der Waals surface area (Å²) >= 11 is 0. The van der Waals surface area contributed by atoms with Crippen molar-refractivity contribution in [2.45, 2.75) is 37.1 Å². The summed E-state index contributed by atoms with van der Waals surface area (Å²) in [5.74, 6) is 1.06. The Morgan fingerprint density at radius 2 is 2.00 bits per heavy atom. The first kappa shape index (κ1) is 23.4. The topological polar surface area (TPSA) is 119 Å². The highest BCUT2D eigenvalue weighted by Gasteiger charge is 2.42. The molecule has 0 spiro atoms. The van der Waals surface area contributed by atoms with E-state index in [9.17, 15) is 22.9 Å². The van der Waals surface area contributed by atoms with Gasteiger partial charge in [-0.05, 0) is 42.7 Å². The van der Waals surface area contributed by atoms with Gasteiger partial charge in [0.15, 0.2) is 5.82 Å². The molecule has 38 heavy (non-hydrogen) atoms. The molecule has 12 heteroatoms. The molecule has 1 saturated heterocycles. The fraction of sp³-hybridized carbons (Fsp3) is 0.308. The van der Waals surface area contributed by atoms with E-state index in [0.29, 0.717) is 46.6 Å². The lowest BCUT2D eigenvalue weighted by Crippen LogP contribution is -2.28. The highest BCUT2D eigenvalue weighted by Crippen LogP contribution is 2.47. The summed E-state index contributed by atoms with van der Waals surface area (Å²) < 4.78 is 45.1. The number of aromatic nitrogens is 4. The zero-order valence-electron chi connectivity index (χ0n) is 19.8. The Bertz CT molecular complexity index is 1640. The molecule has 4 atom stereocenters. The van der Waals surface area contributed by atoms with Crippen molar-refractivity contribution in [2.75, 3.05) is 11.5 Å². The Balaban J connectivity index is 1.32. The van der Waals surface area contributed by atoms with Crippen molar-refractivity contribution < 1.29 is 27.6 Å². The Morgan fingerprint density at radius 1 is 1.18 bits per heavy atom. The number of imidazole rings is 1. The van der Waals surface area contributed by atoms with Gasteiger partial charge in [-0.2, -0.15) is 8.78 Å². The van der Waals surface area contributed by atoms with Gasteiger partial charge in [0.25, 0.3) is 5.91 Å². The molecule has 2 aromatic carbocycles. The average Bonchev–Trinajstić information content (AvgIpc) is 3.52.